The van der Waals surface area contributed by atoms with E-state index in [0.29, 0.717) is 29.9 Å². The standard InChI is InChI=1S/C26H28ClF4N5O2/c1-13(2)36-11-18(23(34-36)26(29,30)31)25(38)9-15-6-14(7-16(15)10-25)21-22(35(3)12-32-21)24(37)33-17-4-5-20(28)19(27)8-17/h4-5,8,11-16,38H,6-7,9-10H2,1-3H3,(H,33,37). The van der Waals surface area contributed by atoms with E-state index >= 15 is 0 Å². The van der Waals surface area contributed by atoms with Gasteiger partial charge in [-0.25, -0.2) is 9.37 Å². The molecule has 5 rings (SSSR count). The van der Waals surface area contributed by atoms with Crippen molar-refractivity contribution in [2.24, 2.45) is 18.9 Å². The Hall–Kier alpha value is -2.92. The number of hydrogen-bond donors (Lipinski definition) is 2. The number of amides is 1. The van der Waals surface area contributed by atoms with E-state index in [9.17, 15) is 27.5 Å². The van der Waals surface area contributed by atoms with Crippen LogP contribution in [0.2, 0.25) is 5.02 Å². The third kappa shape index (κ3) is 4.70. The van der Waals surface area contributed by atoms with Crippen LogP contribution in [0, 0.1) is 17.7 Å². The Morgan fingerprint density at radius 2 is 1.89 bits per heavy atom. The van der Waals surface area contributed by atoms with Gasteiger partial charge in [-0.2, -0.15) is 18.3 Å². The lowest BCUT2D eigenvalue weighted by Crippen LogP contribution is -2.26. The molecule has 0 bridgehead atoms. The Morgan fingerprint density at radius 3 is 2.47 bits per heavy atom. The summed E-state index contributed by atoms with van der Waals surface area (Å²) in [5, 5.41) is 17.8. The van der Waals surface area contributed by atoms with Crippen molar-refractivity contribution in [2.75, 3.05) is 5.32 Å². The van der Waals surface area contributed by atoms with Crippen LogP contribution in [0.15, 0.2) is 30.7 Å². The molecule has 7 nitrogen and oxygen atoms in total. The molecule has 0 saturated heterocycles. The molecule has 2 unspecified atom stereocenters. The van der Waals surface area contributed by atoms with Crippen LogP contribution in [0.3, 0.4) is 0 Å². The van der Waals surface area contributed by atoms with Gasteiger partial charge in [0.15, 0.2) is 5.69 Å². The maximum Gasteiger partial charge on any atom is 0.435 e. The van der Waals surface area contributed by atoms with E-state index in [1.807, 2.05) is 0 Å². The van der Waals surface area contributed by atoms with Gasteiger partial charge in [0, 0.05) is 36.5 Å². The molecule has 204 valence electrons. The molecule has 2 saturated carbocycles. The molecule has 2 atom stereocenters. The average molecular weight is 554 g/mol. The van der Waals surface area contributed by atoms with E-state index in [-0.39, 0.29) is 47.2 Å². The monoisotopic (exact) mass is 553 g/mol. The number of rotatable bonds is 5. The summed E-state index contributed by atoms with van der Waals surface area (Å²) < 4.78 is 57.7. The minimum absolute atomic E-state index is 0.0256. The average Bonchev–Trinajstić information content (AvgIpc) is 3.57. The Morgan fingerprint density at radius 1 is 1.24 bits per heavy atom. The number of fused-ring (bicyclic) bond motifs is 1. The quantitative estimate of drug-likeness (QED) is 0.377. The number of alkyl halides is 3. The fourth-order valence-electron chi connectivity index (χ4n) is 6.10. The largest absolute Gasteiger partial charge is 0.435 e. The van der Waals surface area contributed by atoms with Crippen molar-refractivity contribution >= 4 is 23.2 Å². The van der Waals surface area contributed by atoms with Gasteiger partial charge >= 0.3 is 6.18 Å². The Labute approximate surface area is 221 Å². The van der Waals surface area contributed by atoms with Gasteiger partial charge in [0.2, 0.25) is 0 Å². The second kappa shape index (κ2) is 9.37. The van der Waals surface area contributed by atoms with Crippen LogP contribution in [0.1, 0.15) is 78.9 Å². The smallest absolute Gasteiger partial charge is 0.385 e. The van der Waals surface area contributed by atoms with Gasteiger partial charge in [-0.1, -0.05) is 11.6 Å². The van der Waals surface area contributed by atoms with Crippen molar-refractivity contribution in [3.05, 3.63) is 64.2 Å². The number of imidazole rings is 1. The van der Waals surface area contributed by atoms with Crippen LogP contribution in [0.4, 0.5) is 23.2 Å². The van der Waals surface area contributed by atoms with Crippen molar-refractivity contribution in [2.45, 2.75) is 63.3 Å². The predicted octanol–water partition coefficient (Wildman–Crippen LogP) is 6.05. The van der Waals surface area contributed by atoms with E-state index in [1.165, 1.54) is 23.0 Å². The Balaban J connectivity index is 1.35. The molecule has 2 heterocycles. The lowest BCUT2D eigenvalue weighted by Gasteiger charge is -2.25. The molecule has 2 fully saturated rings. The Kier molecular flexibility index (Phi) is 6.58. The van der Waals surface area contributed by atoms with Crippen molar-refractivity contribution in [3.63, 3.8) is 0 Å². The van der Waals surface area contributed by atoms with Crippen molar-refractivity contribution in [3.8, 4) is 0 Å². The fraction of sp³-hybridized carbons (Fsp3) is 0.500. The zero-order valence-corrected chi connectivity index (χ0v) is 21.8. The molecular formula is C26H28ClF4N5O2. The van der Waals surface area contributed by atoms with Crippen LogP contribution in [0.5, 0.6) is 0 Å². The van der Waals surface area contributed by atoms with E-state index in [1.54, 1.807) is 31.8 Å². The number of carbonyl (C=O) groups excluding carboxylic acids is 1. The first-order valence-corrected chi connectivity index (χ1v) is 12.8. The maximum absolute atomic E-state index is 13.8. The summed E-state index contributed by atoms with van der Waals surface area (Å²) in [6.45, 7) is 3.47. The molecule has 2 N–H and O–H groups in total. The number of aromatic nitrogens is 4. The number of benzene rings is 1. The van der Waals surface area contributed by atoms with Gasteiger partial charge in [0.05, 0.1) is 22.6 Å². The van der Waals surface area contributed by atoms with Crippen LogP contribution >= 0.6 is 11.6 Å². The minimum Gasteiger partial charge on any atom is -0.385 e. The fourth-order valence-corrected chi connectivity index (χ4v) is 6.28. The molecule has 3 aromatic rings. The van der Waals surface area contributed by atoms with E-state index < -0.39 is 29.2 Å². The van der Waals surface area contributed by atoms with Gasteiger partial charge in [-0.3, -0.25) is 9.48 Å². The predicted molar refractivity (Wildman–Crippen MR) is 132 cm³/mol. The number of carbonyl (C=O) groups is 1. The highest BCUT2D eigenvalue weighted by Crippen LogP contribution is 2.58. The topological polar surface area (TPSA) is 85.0 Å². The number of aliphatic hydroxyl groups is 1. The molecule has 2 aliphatic carbocycles. The molecule has 1 amide bonds. The number of nitrogens with one attached hydrogen (secondary N) is 1. The first kappa shape index (κ1) is 26.7. The molecule has 2 aliphatic rings. The lowest BCUT2D eigenvalue weighted by atomic mass is 9.87. The zero-order valence-electron chi connectivity index (χ0n) is 21.1. The summed E-state index contributed by atoms with van der Waals surface area (Å²) >= 11 is 5.83. The highest BCUT2D eigenvalue weighted by atomic mass is 35.5. The van der Waals surface area contributed by atoms with Crippen LogP contribution in [0.25, 0.3) is 0 Å². The lowest BCUT2D eigenvalue weighted by molar-refractivity contribution is -0.144. The third-order valence-electron chi connectivity index (χ3n) is 7.82. The summed E-state index contributed by atoms with van der Waals surface area (Å²) in [7, 11) is 1.70. The van der Waals surface area contributed by atoms with Crippen molar-refractivity contribution in [1.29, 1.82) is 0 Å². The van der Waals surface area contributed by atoms with Gasteiger partial charge in [0.1, 0.15) is 11.5 Å². The van der Waals surface area contributed by atoms with Crippen LogP contribution in [-0.4, -0.2) is 30.3 Å². The van der Waals surface area contributed by atoms with Crippen LogP contribution < -0.4 is 5.32 Å². The Bertz CT molecular complexity index is 1370. The van der Waals surface area contributed by atoms with E-state index in [2.05, 4.69) is 15.4 Å². The van der Waals surface area contributed by atoms with Crippen LogP contribution in [-0.2, 0) is 18.8 Å². The normalized spacial score (nSPS) is 25.3. The molecule has 12 heteroatoms. The summed E-state index contributed by atoms with van der Waals surface area (Å²) in [6, 6.07) is 3.61. The summed E-state index contributed by atoms with van der Waals surface area (Å²) in [4.78, 5) is 17.6. The van der Waals surface area contributed by atoms with Gasteiger partial charge in [-0.05, 0) is 69.6 Å². The van der Waals surface area contributed by atoms with Gasteiger partial charge in [-0.15, -0.1) is 0 Å². The zero-order chi connectivity index (χ0) is 27.6. The SMILES string of the molecule is CC(C)n1cc(C2(O)CC3CC(c4ncn(C)c4C(=O)Nc4ccc(F)c(Cl)c4)CC3C2)c(C(F)(F)F)n1. The molecule has 0 spiro atoms. The molecule has 0 radical (unpaired) electrons. The molecule has 38 heavy (non-hydrogen) atoms. The number of hydrogen-bond acceptors (Lipinski definition) is 4. The molecule has 1 aromatic carbocycles. The third-order valence-corrected chi connectivity index (χ3v) is 8.11. The number of halogens is 5. The summed E-state index contributed by atoms with van der Waals surface area (Å²) in [6.07, 6.45) is -0.251. The molecule has 2 aromatic heterocycles. The molecule has 0 aliphatic heterocycles. The van der Waals surface area contributed by atoms with E-state index in [4.69, 9.17) is 11.6 Å². The number of aryl methyl sites for hydroxylation is 1. The van der Waals surface area contributed by atoms with Crippen molar-refractivity contribution < 1.29 is 27.5 Å². The number of nitrogens with zero attached hydrogens (tertiary/aromatic N) is 4. The van der Waals surface area contributed by atoms with E-state index in [0.717, 1.165) is 6.07 Å². The van der Waals surface area contributed by atoms with Gasteiger partial charge in [0.25, 0.3) is 5.91 Å². The maximum atomic E-state index is 13.8. The summed E-state index contributed by atoms with van der Waals surface area (Å²) in [5.74, 6) is -1.16. The second-order valence-corrected chi connectivity index (χ2v) is 11.2. The number of anilines is 1. The summed E-state index contributed by atoms with van der Waals surface area (Å²) in [5.41, 5.74) is -1.53. The van der Waals surface area contributed by atoms with Gasteiger partial charge < -0.3 is 15.0 Å². The molecular weight excluding hydrogens is 526 g/mol. The van der Waals surface area contributed by atoms with Crippen molar-refractivity contribution in [1.82, 2.24) is 19.3 Å². The highest BCUT2D eigenvalue weighted by molar-refractivity contribution is 6.31. The first-order valence-electron chi connectivity index (χ1n) is 12.4. The highest BCUT2D eigenvalue weighted by Gasteiger charge is 2.54. The first-order chi connectivity index (χ1) is 17.8. The minimum atomic E-state index is -4.67. The second-order valence-electron chi connectivity index (χ2n) is 10.8.